The quantitative estimate of drug-likeness (QED) is 0.163. The molecule has 11 rings (SSSR count). The summed E-state index contributed by atoms with van der Waals surface area (Å²) in [6.45, 7) is 14.9. The second-order valence-corrected chi connectivity index (χ2v) is 15.7. The molecule has 5 heteroatoms. The summed E-state index contributed by atoms with van der Waals surface area (Å²) in [6, 6.07) is 45.9. The van der Waals surface area contributed by atoms with E-state index in [1.165, 1.54) is 54.9 Å². The lowest BCUT2D eigenvalue weighted by Gasteiger charge is -2.57. The maximum atomic E-state index is 7.44. The molecular weight excluding hydrogens is 659 g/mol. The van der Waals surface area contributed by atoms with Crippen molar-refractivity contribution in [2.45, 2.75) is 43.9 Å². The van der Waals surface area contributed by atoms with Gasteiger partial charge in [0, 0.05) is 16.7 Å². The zero-order valence-electron chi connectivity index (χ0n) is 29.9. The van der Waals surface area contributed by atoms with Crippen molar-refractivity contribution in [3.8, 4) is 56.4 Å². The van der Waals surface area contributed by atoms with E-state index < -0.39 is 0 Å². The summed E-state index contributed by atoms with van der Waals surface area (Å²) in [5.74, 6) is 4.26. The molecule has 0 saturated heterocycles. The maximum Gasteiger partial charge on any atom is 0.187 e. The van der Waals surface area contributed by atoms with Gasteiger partial charge >= 0.3 is 0 Å². The van der Waals surface area contributed by atoms with Crippen LogP contribution in [-0.4, -0.2) is 15.0 Å². The fourth-order valence-corrected chi connectivity index (χ4v) is 10.3. The number of hydrogen-bond acceptors (Lipinski definition) is 3. The summed E-state index contributed by atoms with van der Waals surface area (Å²) < 4.78 is 0. The number of fused-ring (bicyclic) bond motifs is 1. The molecule has 0 amide bonds. The number of hydrogen-bond donors (Lipinski definition) is 0. The van der Waals surface area contributed by atoms with Crippen LogP contribution in [0, 0.1) is 30.9 Å². The minimum Gasteiger partial charge on any atom is -0.238 e. The molecule has 7 aromatic rings. The Morgan fingerprint density at radius 2 is 0.926 bits per heavy atom. The Balaban J connectivity index is 1.16. The summed E-state index contributed by atoms with van der Waals surface area (Å²) in [6.07, 6.45) is 8.31. The fraction of sp³-hybridized carbons (Fsp3) is 0.204. The van der Waals surface area contributed by atoms with E-state index in [1.54, 1.807) is 29.8 Å². The van der Waals surface area contributed by atoms with Gasteiger partial charge in [-0.2, -0.15) is 0 Å². The van der Waals surface area contributed by atoms with Crippen molar-refractivity contribution in [2.75, 3.05) is 0 Å². The first-order chi connectivity index (χ1) is 26.5. The van der Waals surface area contributed by atoms with E-state index in [1.807, 2.05) is 30.3 Å². The molecule has 1 aromatic heterocycles. The van der Waals surface area contributed by atoms with Crippen LogP contribution in [0.5, 0.6) is 0 Å². The number of aromatic nitrogens is 3. The molecule has 4 aliphatic carbocycles. The zero-order chi connectivity index (χ0) is 36.2. The van der Waals surface area contributed by atoms with Gasteiger partial charge in [-0.1, -0.05) is 115 Å². The highest BCUT2D eigenvalue weighted by Crippen LogP contribution is 2.61. The molecule has 0 unspecified atom stereocenters. The maximum absolute atomic E-state index is 7.44. The van der Waals surface area contributed by atoms with E-state index >= 15 is 0 Å². The average molecular weight is 696 g/mol. The van der Waals surface area contributed by atoms with Gasteiger partial charge in [-0.15, -0.1) is 0 Å². The minimum atomic E-state index is 0.293. The Labute approximate surface area is 316 Å². The predicted molar refractivity (Wildman–Crippen MR) is 217 cm³/mol. The summed E-state index contributed by atoms with van der Waals surface area (Å²) in [5.41, 5.74) is 9.99. The van der Waals surface area contributed by atoms with Gasteiger partial charge in [0.05, 0.1) is 13.1 Å². The molecule has 0 atom stereocenters. The molecule has 54 heavy (non-hydrogen) atoms. The standard InChI is InChI=1S/C49H37N5/c1-50-40-16-12-35(13-17-40)46-52-47(36-14-18-41(51-2)19-15-36)54-48(53-46)39-26-37(34-8-4-3-5-9-34)25-38(27-39)42-20-21-45(44-11-7-6-10-43(42)44)49-28-31-22-32(29-49)24-33(23-31)30-49/h3-21,25-27,31-33H,22-24,28-30H2. The molecule has 4 aliphatic rings. The van der Waals surface area contributed by atoms with Gasteiger partial charge in [0.15, 0.2) is 28.8 Å². The first-order valence-corrected chi connectivity index (χ1v) is 19.0. The van der Waals surface area contributed by atoms with Crippen LogP contribution in [0.1, 0.15) is 44.1 Å². The smallest absolute Gasteiger partial charge is 0.187 e. The normalized spacial score (nSPS) is 21.1. The Kier molecular flexibility index (Phi) is 7.70. The second-order valence-electron chi connectivity index (χ2n) is 15.7. The Morgan fingerprint density at radius 3 is 1.48 bits per heavy atom. The summed E-state index contributed by atoms with van der Waals surface area (Å²) in [5, 5.41) is 2.68. The average Bonchev–Trinajstić information content (AvgIpc) is 3.23. The van der Waals surface area contributed by atoms with Gasteiger partial charge < -0.3 is 0 Å². The summed E-state index contributed by atoms with van der Waals surface area (Å²) in [4.78, 5) is 22.3. The van der Waals surface area contributed by atoms with Crippen molar-refractivity contribution in [3.63, 3.8) is 0 Å². The van der Waals surface area contributed by atoms with Crippen LogP contribution in [0.3, 0.4) is 0 Å². The lowest BCUT2D eigenvalue weighted by atomic mass is 9.47. The van der Waals surface area contributed by atoms with Gasteiger partial charge in [-0.05, 0) is 118 Å². The first kappa shape index (κ1) is 32.2. The van der Waals surface area contributed by atoms with Crippen LogP contribution in [-0.2, 0) is 5.41 Å². The number of rotatable bonds is 6. The molecule has 258 valence electrons. The van der Waals surface area contributed by atoms with Gasteiger partial charge in [-0.25, -0.2) is 24.6 Å². The monoisotopic (exact) mass is 695 g/mol. The molecule has 4 saturated carbocycles. The van der Waals surface area contributed by atoms with E-state index in [2.05, 4.69) is 88.6 Å². The highest BCUT2D eigenvalue weighted by atomic mass is 15.0. The summed E-state index contributed by atoms with van der Waals surface area (Å²) >= 11 is 0. The predicted octanol–water partition coefficient (Wildman–Crippen LogP) is 12.9. The zero-order valence-corrected chi connectivity index (χ0v) is 29.9. The molecule has 0 radical (unpaired) electrons. The van der Waals surface area contributed by atoms with E-state index in [4.69, 9.17) is 28.1 Å². The highest BCUT2D eigenvalue weighted by molar-refractivity contribution is 6.00. The molecule has 0 N–H and O–H groups in total. The minimum absolute atomic E-state index is 0.293. The third-order valence-electron chi connectivity index (χ3n) is 12.3. The van der Waals surface area contributed by atoms with Crippen LogP contribution in [0.2, 0.25) is 0 Å². The van der Waals surface area contributed by atoms with Gasteiger partial charge in [-0.3, -0.25) is 0 Å². The van der Waals surface area contributed by atoms with Crippen LogP contribution in [0.15, 0.2) is 133 Å². The fourth-order valence-electron chi connectivity index (χ4n) is 10.3. The molecule has 6 aromatic carbocycles. The van der Waals surface area contributed by atoms with Gasteiger partial charge in [0.2, 0.25) is 0 Å². The van der Waals surface area contributed by atoms with Gasteiger partial charge in [0.1, 0.15) is 0 Å². The van der Waals surface area contributed by atoms with Crippen molar-refractivity contribution in [2.24, 2.45) is 17.8 Å². The van der Waals surface area contributed by atoms with Crippen LogP contribution >= 0.6 is 0 Å². The molecule has 0 aliphatic heterocycles. The SMILES string of the molecule is [C-]#[N+]c1ccc(-c2nc(-c3ccc([N+]#[C-])cc3)nc(-c3cc(-c4ccccc4)cc(-c4ccc(C56CC7CC(CC(C7)C5)C6)c5ccccc45)c3)n2)cc1. The summed E-state index contributed by atoms with van der Waals surface area (Å²) in [7, 11) is 0. The third kappa shape index (κ3) is 5.65. The number of benzene rings is 6. The molecule has 1 heterocycles. The molecule has 4 fully saturated rings. The molecule has 4 bridgehead atoms. The van der Waals surface area contributed by atoms with Crippen molar-refractivity contribution < 1.29 is 0 Å². The highest BCUT2D eigenvalue weighted by Gasteiger charge is 2.52. The van der Waals surface area contributed by atoms with Crippen molar-refractivity contribution in [1.29, 1.82) is 0 Å². The van der Waals surface area contributed by atoms with Crippen molar-refractivity contribution >= 4 is 22.1 Å². The Bertz CT molecular complexity index is 2540. The van der Waals surface area contributed by atoms with Crippen LogP contribution in [0.4, 0.5) is 11.4 Å². The Morgan fingerprint density at radius 1 is 0.444 bits per heavy atom. The van der Waals surface area contributed by atoms with Crippen LogP contribution < -0.4 is 0 Å². The first-order valence-electron chi connectivity index (χ1n) is 19.0. The lowest BCUT2D eigenvalue weighted by Crippen LogP contribution is -2.48. The second kappa shape index (κ2) is 12.9. The molecule has 0 spiro atoms. The van der Waals surface area contributed by atoms with E-state index in [-0.39, 0.29) is 0 Å². The van der Waals surface area contributed by atoms with E-state index in [0.29, 0.717) is 34.3 Å². The van der Waals surface area contributed by atoms with Crippen LogP contribution in [0.25, 0.3) is 76.9 Å². The third-order valence-corrected chi connectivity index (χ3v) is 12.3. The molecule has 5 nitrogen and oxygen atoms in total. The van der Waals surface area contributed by atoms with Gasteiger partial charge in [0.25, 0.3) is 0 Å². The lowest BCUT2D eigenvalue weighted by molar-refractivity contribution is -0.00449. The largest absolute Gasteiger partial charge is 0.238 e. The topological polar surface area (TPSA) is 47.4 Å². The van der Waals surface area contributed by atoms with Crippen molar-refractivity contribution in [3.05, 3.63) is 162 Å². The Hall–Kier alpha value is -6.43. The molecular formula is C49H37N5. The van der Waals surface area contributed by atoms with Crippen molar-refractivity contribution in [1.82, 2.24) is 15.0 Å². The van der Waals surface area contributed by atoms with E-state index in [0.717, 1.165) is 51.1 Å². The number of nitrogens with zero attached hydrogens (tertiary/aromatic N) is 5. The van der Waals surface area contributed by atoms with E-state index in [9.17, 15) is 0 Å².